The summed E-state index contributed by atoms with van der Waals surface area (Å²) in [6.45, 7) is 0.0590. The topological polar surface area (TPSA) is 54.4 Å². The molecule has 4 rings (SSSR count). The zero-order valence-electron chi connectivity index (χ0n) is 16.0. The number of benzene rings is 2. The second kappa shape index (κ2) is 11.0. The predicted octanol–water partition coefficient (Wildman–Crippen LogP) is 6.69. The number of rotatable bonds is 6. The van der Waals surface area contributed by atoms with Crippen molar-refractivity contribution in [2.45, 2.75) is 12.5 Å². The summed E-state index contributed by atoms with van der Waals surface area (Å²) in [5, 5.41) is 12.8. The minimum absolute atomic E-state index is 0.0590. The fourth-order valence-electron chi connectivity index (χ4n) is 2.72. The third kappa shape index (κ3) is 5.74. The van der Waals surface area contributed by atoms with E-state index in [1.54, 1.807) is 0 Å². The molecule has 4 aromatic rings. The van der Waals surface area contributed by atoms with E-state index in [0.717, 1.165) is 55.7 Å². The first-order chi connectivity index (χ1) is 14.7. The van der Waals surface area contributed by atoms with Gasteiger partial charge in [0.2, 0.25) is 0 Å². The summed E-state index contributed by atoms with van der Waals surface area (Å²) in [4.78, 5) is 22.6. The molecule has 0 aliphatic heterocycles. The first-order valence-corrected chi connectivity index (χ1v) is 11.4. The molecule has 0 aliphatic carbocycles. The smallest absolute Gasteiger partial charge is 0.160 e. The number of hydrogen-bond acceptors (Lipinski definition) is 5. The molecular weight excluding hydrogens is 436 g/mol. The van der Waals surface area contributed by atoms with Crippen molar-refractivity contribution in [2.75, 3.05) is 0 Å². The van der Waals surface area contributed by atoms with Crippen molar-refractivity contribution >= 4 is 46.8 Å². The average molecular weight is 455 g/mol. The van der Waals surface area contributed by atoms with Crippen LogP contribution in [0.4, 0.5) is 0 Å². The SMILES string of the molecule is O=Cc1cc(-c2ccc(CCl)cc2)cs1.O=Cc1cc(-c2ccc(CO)cc2)cs1. The van der Waals surface area contributed by atoms with Gasteiger partial charge >= 0.3 is 0 Å². The van der Waals surface area contributed by atoms with Gasteiger partial charge < -0.3 is 5.11 Å². The van der Waals surface area contributed by atoms with E-state index in [4.69, 9.17) is 16.7 Å². The highest BCUT2D eigenvalue weighted by Gasteiger charge is 2.02. The lowest BCUT2D eigenvalue weighted by Crippen LogP contribution is -1.81. The fourth-order valence-corrected chi connectivity index (χ4v) is 4.33. The average Bonchev–Trinajstić information content (AvgIpc) is 3.49. The summed E-state index contributed by atoms with van der Waals surface area (Å²) >= 11 is 8.60. The normalized spacial score (nSPS) is 10.2. The summed E-state index contributed by atoms with van der Waals surface area (Å²) in [6, 6.07) is 19.5. The van der Waals surface area contributed by atoms with Gasteiger partial charge in [0.05, 0.1) is 16.4 Å². The van der Waals surface area contributed by atoms with Gasteiger partial charge in [0.25, 0.3) is 0 Å². The van der Waals surface area contributed by atoms with Gasteiger partial charge in [-0.3, -0.25) is 9.59 Å². The van der Waals surface area contributed by atoms with Crippen molar-refractivity contribution in [3.05, 3.63) is 92.3 Å². The minimum atomic E-state index is 0.0590. The molecule has 1 N–H and O–H groups in total. The van der Waals surface area contributed by atoms with Gasteiger partial charge in [-0.25, -0.2) is 0 Å². The van der Waals surface area contributed by atoms with Gasteiger partial charge in [0, 0.05) is 5.88 Å². The van der Waals surface area contributed by atoms with E-state index in [1.165, 1.54) is 22.7 Å². The predicted molar refractivity (Wildman–Crippen MR) is 126 cm³/mol. The Hall–Kier alpha value is -2.57. The number of alkyl halides is 1. The number of aliphatic hydroxyl groups is 1. The molecular formula is C24H19ClO3S2. The number of halogens is 1. The Labute approximate surface area is 188 Å². The molecule has 2 aromatic heterocycles. The Balaban J connectivity index is 0.000000171. The van der Waals surface area contributed by atoms with Crippen LogP contribution in [0.2, 0.25) is 0 Å². The van der Waals surface area contributed by atoms with E-state index >= 15 is 0 Å². The van der Waals surface area contributed by atoms with Gasteiger partial charge in [-0.2, -0.15) is 0 Å². The van der Waals surface area contributed by atoms with E-state index < -0.39 is 0 Å². The van der Waals surface area contributed by atoms with Gasteiger partial charge in [-0.15, -0.1) is 34.3 Å². The van der Waals surface area contributed by atoms with Crippen molar-refractivity contribution in [2.24, 2.45) is 0 Å². The number of thiophene rings is 2. The molecule has 2 aromatic carbocycles. The number of carbonyl (C=O) groups is 2. The molecule has 152 valence electrons. The van der Waals surface area contributed by atoms with E-state index in [2.05, 4.69) is 0 Å². The maximum atomic E-state index is 10.5. The molecule has 0 saturated heterocycles. The van der Waals surface area contributed by atoms with E-state index in [9.17, 15) is 9.59 Å². The van der Waals surface area contributed by atoms with Crippen molar-refractivity contribution in [3.63, 3.8) is 0 Å². The molecule has 0 spiro atoms. The Morgan fingerprint density at radius 1 is 0.700 bits per heavy atom. The molecule has 0 bridgehead atoms. The highest BCUT2D eigenvalue weighted by molar-refractivity contribution is 7.12. The molecule has 30 heavy (non-hydrogen) atoms. The van der Waals surface area contributed by atoms with Crippen LogP contribution in [0.3, 0.4) is 0 Å². The highest BCUT2D eigenvalue weighted by Crippen LogP contribution is 2.26. The molecule has 0 saturated carbocycles. The first-order valence-electron chi connectivity index (χ1n) is 9.09. The first kappa shape index (κ1) is 22.1. The Kier molecular flexibility index (Phi) is 8.11. The molecule has 6 heteroatoms. The molecule has 2 heterocycles. The largest absolute Gasteiger partial charge is 0.392 e. The molecule has 0 atom stereocenters. The van der Waals surface area contributed by atoms with Gasteiger partial charge in [0.1, 0.15) is 0 Å². The third-order valence-electron chi connectivity index (χ3n) is 4.38. The number of aldehydes is 2. The van der Waals surface area contributed by atoms with Crippen LogP contribution in [-0.2, 0) is 12.5 Å². The third-order valence-corrected chi connectivity index (χ3v) is 6.41. The summed E-state index contributed by atoms with van der Waals surface area (Å²) in [7, 11) is 0. The van der Waals surface area contributed by atoms with Crippen LogP contribution in [0.15, 0.2) is 71.4 Å². The molecule has 3 nitrogen and oxygen atoms in total. The summed E-state index contributed by atoms with van der Waals surface area (Å²) in [6.07, 6.45) is 1.73. The van der Waals surface area contributed by atoms with E-state index in [1.807, 2.05) is 71.4 Å². The number of hydrogen-bond donors (Lipinski definition) is 1. The molecule has 0 unspecified atom stereocenters. The van der Waals surface area contributed by atoms with Crippen LogP contribution in [0, 0.1) is 0 Å². The summed E-state index contributed by atoms with van der Waals surface area (Å²) < 4.78 is 0. The standard InChI is InChI=1S/C12H9ClOS.C12H10O2S/c2*13-6-9-1-3-10(4-2-9)11-5-12(7-14)15-8-11/h1-5,7-8H,6H2;1-5,7-8,13H,6H2. The molecule has 0 fully saturated rings. The van der Waals surface area contributed by atoms with Crippen LogP contribution in [0.5, 0.6) is 0 Å². The maximum absolute atomic E-state index is 10.5. The van der Waals surface area contributed by atoms with Crippen LogP contribution >= 0.6 is 34.3 Å². The monoisotopic (exact) mass is 454 g/mol. The van der Waals surface area contributed by atoms with Crippen LogP contribution in [-0.4, -0.2) is 17.7 Å². The van der Waals surface area contributed by atoms with Gasteiger partial charge in [-0.05, 0) is 56.3 Å². The molecule has 0 amide bonds. The molecule has 0 aliphatic rings. The van der Waals surface area contributed by atoms with Crippen molar-refractivity contribution in [3.8, 4) is 22.3 Å². The van der Waals surface area contributed by atoms with E-state index in [-0.39, 0.29) is 6.61 Å². The lowest BCUT2D eigenvalue weighted by atomic mass is 10.1. The Bertz CT molecular complexity index is 1010. The maximum Gasteiger partial charge on any atom is 0.160 e. The van der Waals surface area contributed by atoms with Gasteiger partial charge in [-0.1, -0.05) is 48.5 Å². The van der Waals surface area contributed by atoms with Crippen molar-refractivity contribution in [1.29, 1.82) is 0 Å². The Morgan fingerprint density at radius 3 is 1.47 bits per heavy atom. The van der Waals surface area contributed by atoms with Crippen LogP contribution in [0.25, 0.3) is 22.3 Å². The quantitative estimate of drug-likeness (QED) is 0.261. The molecule has 0 radical (unpaired) electrons. The number of aliphatic hydroxyl groups excluding tert-OH is 1. The highest BCUT2D eigenvalue weighted by atomic mass is 35.5. The second-order valence-electron chi connectivity index (χ2n) is 6.40. The minimum Gasteiger partial charge on any atom is -0.392 e. The number of carbonyl (C=O) groups excluding carboxylic acids is 2. The lowest BCUT2D eigenvalue weighted by molar-refractivity contribution is 0.111. The Morgan fingerprint density at radius 2 is 1.13 bits per heavy atom. The zero-order chi connectivity index (χ0) is 21.3. The van der Waals surface area contributed by atoms with Crippen molar-refractivity contribution in [1.82, 2.24) is 0 Å². The van der Waals surface area contributed by atoms with Crippen LogP contribution in [0.1, 0.15) is 30.5 Å². The fraction of sp³-hybridized carbons (Fsp3) is 0.0833. The zero-order valence-corrected chi connectivity index (χ0v) is 18.3. The second-order valence-corrected chi connectivity index (χ2v) is 8.55. The van der Waals surface area contributed by atoms with Crippen molar-refractivity contribution < 1.29 is 14.7 Å². The summed E-state index contributed by atoms with van der Waals surface area (Å²) in [5.74, 6) is 0.531. The van der Waals surface area contributed by atoms with E-state index in [0.29, 0.717) is 5.88 Å². The van der Waals surface area contributed by atoms with Crippen LogP contribution < -0.4 is 0 Å². The van der Waals surface area contributed by atoms with Gasteiger partial charge in [0.15, 0.2) is 12.6 Å². The summed E-state index contributed by atoms with van der Waals surface area (Å²) in [5.41, 5.74) is 6.32. The lowest BCUT2D eigenvalue weighted by Gasteiger charge is -1.99.